The Kier molecular flexibility index (Phi) is 7.92. The highest BCUT2D eigenvalue weighted by molar-refractivity contribution is 7.88. The van der Waals surface area contributed by atoms with E-state index in [0.717, 1.165) is 54.8 Å². The van der Waals surface area contributed by atoms with Gasteiger partial charge in [-0.15, -0.1) is 0 Å². The summed E-state index contributed by atoms with van der Waals surface area (Å²) in [6, 6.07) is 16.2. The van der Waals surface area contributed by atoms with E-state index >= 15 is 0 Å². The summed E-state index contributed by atoms with van der Waals surface area (Å²) in [7, 11) is -1.64. The fourth-order valence-corrected chi connectivity index (χ4v) is 4.87. The van der Waals surface area contributed by atoms with Gasteiger partial charge in [-0.25, -0.2) is 13.1 Å². The molecule has 1 fully saturated rings. The third kappa shape index (κ3) is 6.79. The smallest absolute Gasteiger partial charge is 0.221 e. The summed E-state index contributed by atoms with van der Waals surface area (Å²) in [6.45, 7) is 2.63. The van der Waals surface area contributed by atoms with E-state index in [2.05, 4.69) is 21.4 Å². The number of methoxy groups -OCH3 is 1. The van der Waals surface area contributed by atoms with Crippen LogP contribution in [0, 0.1) is 0 Å². The number of amides is 1. The highest BCUT2D eigenvalue weighted by Gasteiger charge is 2.37. The summed E-state index contributed by atoms with van der Waals surface area (Å²) >= 11 is 0. The van der Waals surface area contributed by atoms with E-state index in [1.807, 2.05) is 42.5 Å². The zero-order valence-corrected chi connectivity index (χ0v) is 19.8. The molecule has 2 aromatic rings. The molecule has 0 saturated heterocycles. The maximum Gasteiger partial charge on any atom is 0.221 e. The summed E-state index contributed by atoms with van der Waals surface area (Å²) in [5.41, 5.74) is 2.80. The molecule has 1 aliphatic carbocycles. The molecule has 0 bridgehead atoms. The lowest BCUT2D eigenvalue weighted by atomic mass is 9.68. The Bertz CT molecular complexity index is 1010. The van der Waals surface area contributed by atoms with Crippen molar-refractivity contribution in [2.24, 2.45) is 0 Å². The number of nitrogens with one attached hydrogen (secondary N) is 3. The molecule has 0 atom stereocenters. The van der Waals surface area contributed by atoms with Crippen molar-refractivity contribution in [3.05, 3.63) is 59.7 Å². The van der Waals surface area contributed by atoms with Crippen molar-refractivity contribution >= 4 is 21.6 Å². The largest absolute Gasteiger partial charge is 0.497 e. The molecule has 2 aromatic carbocycles. The standard InChI is InChI=1S/C24H33N3O4S/c1-18(28)27-22-9-7-19(8-10-22)16-25-21-11-13-24(14-12-21,17-26-32(3,29)30)20-5-4-6-23(15-20)31-2/h4-10,15,21,25-26H,11-14,16-17H2,1-3H3,(H,27,28). The fraction of sp³-hybridized carbons (Fsp3) is 0.458. The van der Waals surface area contributed by atoms with Crippen LogP contribution in [0.2, 0.25) is 0 Å². The van der Waals surface area contributed by atoms with Crippen LogP contribution in [0.15, 0.2) is 48.5 Å². The molecule has 174 valence electrons. The molecule has 0 aromatic heterocycles. The molecule has 8 heteroatoms. The van der Waals surface area contributed by atoms with Gasteiger partial charge in [0, 0.05) is 37.2 Å². The molecule has 1 saturated carbocycles. The van der Waals surface area contributed by atoms with Crippen molar-refractivity contribution in [2.75, 3.05) is 25.2 Å². The highest BCUT2D eigenvalue weighted by atomic mass is 32.2. The molecule has 0 unspecified atom stereocenters. The normalized spacial score (nSPS) is 21.2. The maximum absolute atomic E-state index is 11.8. The van der Waals surface area contributed by atoms with Crippen molar-refractivity contribution in [2.45, 2.75) is 50.6 Å². The quantitative estimate of drug-likeness (QED) is 0.535. The number of sulfonamides is 1. The van der Waals surface area contributed by atoms with Crippen LogP contribution in [0.4, 0.5) is 5.69 Å². The first kappa shape index (κ1) is 24.2. The number of rotatable bonds is 9. The third-order valence-electron chi connectivity index (χ3n) is 6.17. The lowest BCUT2D eigenvalue weighted by molar-refractivity contribution is -0.114. The number of benzene rings is 2. The second-order valence-electron chi connectivity index (χ2n) is 8.64. The van der Waals surface area contributed by atoms with Crippen molar-refractivity contribution in [3.8, 4) is 5.75 Å². The van der Waals surface area contributed by atoms with Gasteiger partial charge in [0.25, 0.3) is 0 Å². The summed E-state index contributed by atoms with van der Waals surface area (Å²) in [4.78, 5) is 11.2. The van der Waals surface area contributed by atoms with Crippen LogP contribution in [0.1, 0.15) is 43.7 Å². The van der Waals surface area contributed by atoms with Gasteiger partial charge in [-0.3, -0.25) is 4.79 Å². The summed E-state index contributed by atoms with van der Waals surface area (Å²) in [5, 5.41) is 6.41. The van der Waals surface area contributed by atoms with Crippen molar-refractivity contribution in [1.82, 2.24) is 10.0 Å². The van der Waals surface area contributed by atoms with Gasteiger partial charge >= 0.3 is 0 Å². The fourth-order valence-electron chi connectivity index (χ4n) is 4.34. The van der Waals surface area contributed by atoms with E-state index in [9.17, 15) is 13.2 Å². The first-order valence-electron chi connectivity index (χ1n) is 10.9. The second kappa shape index (κ2) is 10.5. The molecule has 0 spiro atoms. The van der Waals surface area contributed by atoms with Gasteiger partial charge in [-0.1, -0.05) is 24.3 Å². The van der Waals surface area contributed by atoms with Crippen LogP contribution in [0.25, 0.3) is 0 Å². The SMILES string of the molecule is COc1cccc(C2(CNS(C)(=O)=O)CCC(NCc3ccc(NC(C)=O)cc3)CC2)c1. The van der Waals surface area contributed by atoms with Crippen LogP contribution in [-0.2, 0) is 26.8 Å². The number of carbonyl (C=O) groups is 1. The Balaban J connectivity index is 1.63. The van der Waals surface area contributed by atoms with E-state index in [0.29, 0.717) is 12.6 Å². The molecule has 0 aliphatic heterocycles. The number of anilines is 1. The minimum absolute atomic E-state index is 0.0806. The number of hydrogen-bond donors (Lipinski definition) is 3. The maximum atomic E-state index is 11.8. The van der Waals surface area contributed by atoms with Crippen LogP contribution in [-0.4, -0.2) is 40.3 Å². The number of carbonyl (C=O) groups excluding carboxylic acids is 1. The summed E-state index contributed by atoms with van der Waals surface area (Å²) in [6.07, 6.45) is 4.86. The average Bonchev–Trinajstić information content (AvgIpc) is 2.77. The monoisotopic (exact) mass is 459 g/mol. The zero-order chi connectivity index (χ0) is 23.2. The predicted molar refractivity (Wildman–Crippen MR) is 127 cm³/mol. The van der Waals surface area contributed by atoms with Crippen LogP contribution < -0.4 is 20.1 Å². The Morgan fingerprint density at radius 2 is 1.81 bits per heavy atom. The molecule has 0 heterocycles. The number of ether oxygens (including phenoxy) is 1. The molecule has 3 rings (SSSR count). The van der Waals surface area contributed by atoms with Gasteiger partial charge < -0.3 is 15.4 Å². The van der Waals surface area contributed by atoms with Gasteiger partial charge in [0.2, 0.25) is 15.9 Å². The van der Waals surface area contributed by atoms with E-state index < -0.39 is 10.0 Å². The van der Waals surface area contributed by atoms with E-state index in [-0.39, 0.29) is 11.3 Å². The van der Waals surface area contributed by atoms with Crippen molar-refractivity contribution < 1.29 is 17.9 Å². The highest BCUT2D eigenvalue weighted by Crippen LogP contribution is 2.40. The van der Waals surface area contributed by atoms with E-state index in [1.165, 1.54) is 13.2 Å². The molecule has 7 nitrogen and oxygen atoms in total. The summed E-state index contributed by atoms with van der Waals surface area (Å²) < 4.78 is 31.8. The molecule has 1 amide bonds. The van der Waals surface area contributed by atoms with Crippen molar-refractivity contribution in [3.63, 3.8) is 0 Å². The average molecular weight is 460 g/mol. The van der Waals surface area contributed by atoms with Gasteiger partial charge in [-0.05, 0) is 61.1 Å². The minimum atomic E-state index is -3.28. The van der Waals surface area contributed by atoms with Gasteiger partial charge in [0.05, 0.1) is 13.4 Å². The molecular weight excluding hydrogens is 426 g/mol. The molecule has 32 heavy (non-hydrogen) atoms. The van der Waals surface area contributed by atoms with Gasteiger partial charge in [-0.2, -0.15) is 0 Å². The second-order valence-corrected chi connectivity index (χ2v) is 10.5. The lowest BCUT2D eigenvalue weighted by Crippen LogP contribution is -2.46. The first-order chi connectivity index (χ1) is 15.2. The van der Waals surface area contributed by atoms with Crippen molar-refractivity contribution in [1.29, 1.82) is 0 Å². The van der Waals surface area contributed by atoms with Crippen LogP contribution in [0.5, 0.6) is 5.75 Å². The van der Waals surface area contributed by atoms with E-state index in [1.54, 1.807) is 7.11 Å². The van der Waals surface area contributed by atoms with Gasteiger partial charge in [0.1, 0.15) is 5.75 Å². The topological polar surface area (TPSA) is 96.5 Å². The van der Waals surface area contributed by atoms with Crippen LogP contribution in [0.3, 0.4) is 0 Å². The molecule has 3 N–H and O–H groups in total. The van der Waals surface area contributed by atoms with Gasteiger partial charge in [0.15, 0.2) is 0 Å². The van der Waals surface area contributed by atoms with E-state index in [4.69, 9.17) is 4.74 Å². The van der Waals surface area contributed by atoms with Crippen LogP contribution >= 0.6 is 0 Å². The molecule has 1 aliphatic rings. The first-order valence-corrected chi connectivity index (χ1v) is 12.8. The summed E-state index contributed by atoms with van der Waals surface area (Å²) in [5.74, 6) is 0.701. The Labute approximate surface area is 191 Å². The third-order valence-corrected chi connectivity index (χ3v) is 6.84. The Hall–Kier alpha value is -2.42. The number of hydrogen-bond acceptors (Lipinski definition) is 5. The molecule has 0 radical (unpaired) electrons. The minimum Gasteiger partial charge on any atom is -0.497 e. The molecular formula is C24H33N3O4S. The Morgan fingerprint density at radius 3 is 2.41 bits per heavy atom. The zero-order valence-electron chi connectivity index (χ0n) is 19.0. The Morgan fingerprint density at radius 1 is 1.12 bits per heavy atom. The lowest BCUT2D eigenvalue weighted by Gasteiger charge is -2.41. The predicted octanol–water partition coefficient (Wildman–Crippen LogP) is 3.17.